The first kappa shape index (κ1) is 35.0. The molecule has 0 aliphatic heterocycles. The maximum Gasteiger partial charge on any atom is 0.128 e. The van der Waals surface area contributed by atoms with Gasteiger partial charge in [-0.3, -0.25) is 0 Å². The van der Waals surface area contributed by atoms with Gasteiger partial charge in [0.15, 0.2) is 0 Å². The maximum atomic E-state index is 14.2. The first-order chi connectivity index (χ1) is 22.4. The summed E-state index contributed by atoms with van der Waals surface area (Å²) in [4.78, 5) is 0. The van der Waals surface area contributed by atoms with Gasteiger partial charge in [-0.05, 0) is 47.5 Å². The fourth-order valence-corrected chi connectivity index (χ4v) is 4.58. The lowest BCUT2D eigenvalue weighted by atomic mass is 10.0. The predicted octanol–water partition coefficient (Wildman–Crippen LogP) is 5.61. The van der Waals surface area contributed by atoms with Crippen LogP contribution in [0.25, 0.3) is 0 Å². The summed E-state index contributed by atoms with van der Waals surface area (Å²) in [5.41, 5.74) is 2.27. The molecule has 0 spiro atoms. The highest BCUT2D eigenvalue weighted by Crippen LogP contribution is 2.20. The fraction of sp³-hybridized carbons (Fsp3) is 0.333. The van der Waals surface area contributed by atoms with Crippen molar-refractivity contribution in [3.05, 3.63) is 131 Å². The van der Waals surface area contributed by atoms with Gasteiger partial charge in [0.2, 0.25) is 0 Å². The van der Waals surface area contributed by atoms with E-state index < -0.39 is 36.1 Å². The minimum atomic E-state index is -1.50. The molecule has 0 aliphatic rings. The monoisotopic (exact) mass is 638 g/mol. The molecule has 0 heterocycles. The van der Waals surface area contributed by atoms with Crippen LogP contribution in [0.4, 0.5) is 8.78 Å². The lowest BCUT2D eigenvalue weighted by molar-refractivity contribution is -0.170. The average molecular weight is 639 g/mol. The number of halogens is 2. The zero-order valence-electron chi connectivity index (χ0n) is 25.9. The molecule has 0 fully saturated rings. The molecular weight excluding hydrogens is 598 g/mol. The van der Waals surface area contributed by atoms with Gasteiger partial charge in [0.05, 0.1) is 53.9 Å². The van der Waals surface area contributed by atoms with Gasteiger partial charge in [-0.15, -0.1) is 0 Å². The third-order valence-electron chi connectivity index (χ3n) is 7.35. The van der Waals surface area contributed by atoms with Gasteiger partial charge in [0, 0.05) is 11.1 Å². The molecule has 246 valence electrons. The third-order valence-corrected chi connectivity index (χ3v) is 7.35. The number of hydrogen-bond donors (Lipinski definition) is 2. The molecule has 0 unspecified atom stereocenters. The topological polar surface area (TPSA) is 95.8 Å². The summed E-state index contributed by atoms with van der Waals surface area (Å²) in [6.45, 7) is -0.290. The Bertz CT molecular complexity index is 1340. The maximum absolute atomic E-state index is 14.2. The smallest absolute Gasteiger partial charge is 0.128 e. The van der Waals surface area contributed by atoms with Crippen molar-refractivity contribution in [3.8, 4) is 11.5 Å². The number of ether oxygens (including phenoxy) is 6. The van der Waals surface area contributed by atoms with Crippen molar-refractivity contribution in [1.82, 2.24) is 0 Å². The fourth-order valence-electron chi connectivity index (χ4n) is 4.58. The van der Waals surface area contributed by atoms with Gasteiger partial charge in [-0.2, -0.15) is 0 Å². The highest BCUT2D eigenvalue weighted by molar-refractivity contribution is 5.27. The first-order valence-electron chi connectivity index (χ1n) is 14.9. The zero-order valence-corrected chi connectivity index (χ0v) is 25.9. The van der Waals surface area contributed by atoms with Crippen LogP contribution in [0, 0.1) is 11.6 Å². The average Bonchev–Trinajstić information content (AvgIpc) is 3.09. The van der Waals surface area contributed by atoms with Crippen LogP contribution >= 0.6 is 0 Å². The van der Waals surface area contributed by atoms with Gasteiger partial charge in [0.25, 0.3) is 0 Å². The van der Waals surface area contributed by atoms with Crippen molar-refractivity contribution in [2.45, 2.75) is 50.8 Å². The third kappa shape index (κ3) is 10.6. The van der Waals surface area contributed by atoms with Crippen LogP contribution in [0.5, 0.6) is 11.5 Å². The quantitative estimate of drug-likeness (QED) is 0.137. The Morgan fingerprint density at radius 2 is 0.891 bits per heavy atom. The van der Waals surface area contributed by atoms with Gasteiger partial charge in [0.1, 0.15) is 47.5 Å². The minimum absolute atomic E-state index is 0.0684. The molecule has 0 bridgehead atoms. The molecule has 10 heteroatoms. The second-order valence-electron chi connectivity index (χ2n) is 10.6. The lowest BCUT2D eigenvalue weighted by Crippen LogP contribution is -2.49. The SMILES string of the molecule is COc1ccc(CO[C@H](COCc2ccccc2F)[C@@H](O)[C@H](O)[C@@H](COCc2ccccc2F)OCc2ccc(OC)cc2)cc1. The lowest BCUT2D eigenvalue weighted by Gasteiger charge is -2.32. The van der Waals surface area contributed by atoms with E-state index in [4.69, 9.17) is 28.4 Å². The number of methoxy groups -OCH3 is 2. The Morgan fingerprint density at radius 1 is 0.522 bits per heavy atom. The van der Waals surface area contributed by atoms with E-state index in [1.807, 2.05) is 24.3 Å². The molecule has 8 nitrogen and oxygen atoms in total. The van der Waals surface area contributed by atoms with Gasteiger partial charge >= 0.3 is 0 Å². The summed E-state index contributed by atoms with van der Waals surface area (Å²) in [5, 5.41) is 22.8. The van der Waals surface area contributed by atoms with E-state index in [2.05, 4.69) is 0 Å². The van der Waals surface area contributed by atoms with Crippen molar-refractivity contribution in [3.63, 3.8) is 0 Å². The molecule has 4 atom stereocenters. The molecule has 0 aromatic heterocycles. The highest BCUT2D eigenvalue weighted by atomic mass is 19.1. The normalized spacial score (nSPS) is 14.0. The molecule has 0 radical (unpaired) electrons. The van der Waals surface area contributed by atoms with E-state index in [1.54, 1.807) is 74.9 Å². The molecule has 0 saturated heterocycles. The Labute approximate surface area is 268 Å². The van der Waals surface area contributed by atoms with Crippen molar-refractivity contribution in [2.24, 2.45) is 0 Å². The summed E-state index contributed by atoms with van der Waals surface area (Å²) in [6.07, 6.45) is -5.08. The van der Waals surface area contributed by atoms with Crippen molar-refractivity contribution < 1.29 is 47.4 Å². The van der Waals surface area contributed by atoms with Gasteiger partial charge in [-0.1, -0.05) is 60.7 Å². The van der Waals surface area contributed by atoms with Crippen LogP contribution in [0.2, 0.25) is 0 Å². The highest BCUT2D eigenvalue weighted by Gasteiger charge is 2.34. The Balaban J connectivity index is 1.47. The second kappa shape index (κ2) is 18.3. The largest absolute Gasteiger partial charge is 0.497 e. The molecule has 4 rings (SSSR count). The van der Waals surface area contributed by atoms with Gasteiger partial charge < -0.3 is 38.6 Å². The summed E-state index contributed by atoms with van der Waals surface area (Å²) in [6, 6.07) is 26.8. The molecule has 46 heavy (non-hydrogen) atoms. The van der Waals surface area contributed by atoms with Crippen LogP contribution in [0.1, 0.15) is 22.3 Å². The minimum Gasteiger partial charge on any atom is -0.497 e. The van der Waals surface area contributed by atoms with Crippen LogP contribution in [0.15, 0.2) is 97.1 Å². The number of hydrogen-bond acceptors (Lipinski definition) is 8. The Morgan fingerprint density at radius 3 is 1.24 bits per heavy atom. The molecule has 0 saturated carbocycles. The van der Waals surface area contributed by atoms with Crippen LogP contribution < -0.4 is 9.47 Å². The molecule has 0 aliphatic carbocycles. The van der Waals surface area contributed by atoms with E-state index in [1.165, 1.54) is 12.1 Å². The van der Waals surface area contributed by atoms with Crippen LogP contribution in [-0.4, -0.2) is 62.1 Å². The molecule has 4 aromatic carbocycles. The summed E-state index contributed by atoms with van der Waals surface area (Å²) in [5.74, 6) is 0.517. The molecule has 2 N–H and O–H groups in total. The Kier molecular flexibility index (Phi) is 13.9. The van der Waals surface area contributed by atoms with Crippen LogP contribution in [-0.2, 0) is 45.4 Å². The molecule has 4 aromatic rings. The second-order valence-corrected chi connectivity index (χ2v) is 10.6. The predicted molar refractivity (Wildman–Crippen MR) is 167 cm³/mol. The first-order valence-corrected chi connectivity index (χ1v) is 14.9. The van der Waals surface area contributed by atoms with Crippen molar-refractivity contribution in [1.29, 1.82) is 0 Å². The summed E-state index contributed by atoms with van der Waals surface area (Å²) in [7, 11) is 3.14. The van der Waals surface area contributed by atoms with E-state index in [0.29, 0.717) is 22.6 Å². The summed E-state index contributed by atoms with van der Waals surface area (Å²) >= 11 is 0. The number of aliphatic hydroxyl groups is 2. The van der Waals surface area contributed by atoms with E-state index in [9.17, 15) is 19.0 Å². The van der Waals surface area contributed by atoms with E-state index in [-0.39, 0.29) is 39.6 Å². The molecular formula is C36H40F2O8. The molecule has 0 amide bonds. The van der Waals surface area contributed by atoms with Gasteiger partial charge in [-0.25, -0.2) is 8.78 Å². The number of rotatable bonds is 19. The standard InChI is InChI=1S/C36H40F2O8/c1-41-29-15-11-25(12-16-29)19-45-33(23-43-21-27-7-3-5-9-31(27)37)35(39)36(40)34(24-44-22-28-8-4-6-10-32(28)38)46-20-26-13-17-30(42-2)18-14-26/h3-18,33-36,39-40H,19-24H2,1-2H3/t33-,34-,35-,36-/m1/s1. The van der Waals surface area contributed by atoms with E-state index >= 15 is 0 Å². The number of aliphatic hydroxyl groups excluding tert-OH is 2. The van der Waals surface area contributed by atoms with Crippen molar-refractivity contribution in [2.75, 3.05) is 27.4 Å². The van der Waals surface area contributed by atoms with Crippen LogP contribution in [0.3, 0.4) is 0 Å². The van der Waals surface area contributed by atoms with E-state index in [0.717, 1.165) is 11.1 Å². The zero-order chi connectivity index (χ0) is 32.7. The summed E-state index contributed by atoms with van der Waals surface area (Å²) < 4.78 is 62.4. The van der Waals surface area contributed by atoms with Crippen molar-refractivity contribution >= 4 is 0 Å². The Hall–Kier alpha value is -3.90. The number of benzene rings is 4.